The van der Waals surface area contributed by atoms with E-state index in [-0.39, 0.29) is 6.42 Å². The summed E-state index contributed by atoms with van der Waals surface area (Å²) in [5.41, 5.74) is 0.925. The second-order valence-corrected chi connectivity index (χ2v) is 4.00. The predicted octanol–water partition coefficient (Wildman–Crippen LogP) is 2.74. The van der Waals surface area contributed by atoms with Gasteiger partial charge in [0.25, 0.3) is 0 Å². The number of rotatable bonds is 5. The quantitative estimate of drug-likeness (QED) is 0.850. The Hall–Kier alpha value is -2.23. The smallest absolute Gasteiger partial charge is 0.305 e. The van der Waals surface area contributed by atoms with Gasteiger partial charge in [-0.3, -0.25) is 4.79 Å². The van der Waals surface area contributed by atoms with E-state index < -0.39 is 5.97 Å². The molecule has 0 saturated carbocycles. The standard InChI is InChI=1S/C14H15NO3/c1-18-13-5-3-10-8-12(4-2-11(10)9-13)15-7-6-14(16)17/h2-5,8-9,15H,6-7H2,1H3,(H,16,17). The highest BCUT2D eigenvalue weighted by molar-refractivity contribution is 5.87. The van der Waals surface area contributed by atoms with E-state index in [1.54, 1.807) is 7.11 Å². The van der Waals surface area contributed by atoms with Gasteiger partial charge in [0.15, 0.2) is 0 Å². The largest absolute Gasteiger partial charge is 0.497 e. The minimum atomic E-state index is -0.798. The summed E-state index contributed by atoms with van der Waals surface area (Å²) >= 11 is 0. The van der Waals surface area contributed by atoms with Gasteiger partial charge in [0, 0.05) is 12.2 Å². The van der Waals surface area contributed by atoms with Crippen LogP contribution in [0.5, 0.6) is 5.75 Å². The zero-order valence-corrected chi connectivity index (χ0v) is 10.1. The highest BCUT2D eigenvalue weighted by Crippen LogP contribution is 2.23. The highest BCUT2D eigenvalue weighted by atomic mass is 16.5. The van der Waals surface area contributed by atoms with Crippen molar-refractivity contribution in [3.05, 3.63) is 36.4 Å². The van der Waals surface area contributed by atoms with Crippen LogP contribution in [-0.2, 0) is 4.79 Å². The molecule has 0 saturated heterocycles. The van der Waals surface area contributed by atoms with Crippen LogP contribution in [0.2, 0.25) is 0 Å². The molecule has 0 radical (unpaired) electrons. The molecule has 0 atom stereocenters. The second kappa shape index (κ2) is 5.40. The number of anilines is 1. The van der Waals surface area contributed by atoms with E-state index in [2.05, 4.69) is 5.32 Å². The van der Waals surface area contributed by atoms with Gasteiger partial charge in [0.2, 0.25) is 0 Å². The Labute approximate surface area is 105 Å². The van der Waals surface area contributed by atoms with Gasteiger partial charge in [-0.2, -0.15) is 0 Å². The number of methoxy groups -OCH3 is 1. The molecule has 94 valence electrons. The Balaban J connectivity index is 2.15. The summed E-state index contributed by atoms with van der Waals surface area (Å²) in [4.78, 5) is 10.4. The molecule has 2 aromatic rings. The van der Waals surface area contributed by atoms with Gasteiger partial charge in [-0.25, -0.2) is 0 Å². The first-order valence-corrected chi connectivity index (χ1v) is 5.72. The average Bonchev–Trinajstić information content (AvgIpc) is 2.37. The molecule has 0 aliphatic heterocycles. The topological polar surface area (TPSA) is 58.6 Å². The fraction of sp³-hybridized carbons (Fsp3) is 0.214. The maximum atomic E-state index is 10.4. The summed E-state index contributed by atoms with van der Waals surface area (Å²) in [7, 11) is 1.64. The van der Waals surface area contributed by atoms with Crippen molar-refractivity contribution in [2.75, 3.05) is 19.0 Å². The van der Waals surface area contributed by atoms with Crippen molar-refractivity contribution >= 4 is 22.4 Å². The molecule has 2 rings (SSSR count). The number of carbonyl (C=O) groups is 1. The van der Waals surface area contributed by atoms with Crippen LogP contribution in [0.3, 0.4) is 0 Å². The summed E-state index contributed by atoms with van der Waals surface area (Å²) in [5, 5.41) is 13.8. The molecule has 0 spiro atoms. The third-order valence-corrected chi connectivity index (χ3v) is 2.72. The van der Waals surface area contributed by atoms with Crippen LogP contribution >= 0.6 is 0 Å². The average molecular weight is 245 g/mol. The van der Waals surface area contributed by atoms with E-state index in [9.17, 15) is 4.79 Å². The molecule has 0 bridgehead atoms. The molecule has 0 aliphatic rings. The lowest BCUT2D eigenvalue weighted by molar-refractivity contribution is -0.136. The molecule has 0 fully saturated rings. The van der Waals surface area contributed by atoms with Gasteiger partial charge < -0.3 is 15.2 Å². The number of fused-ring (bicyclic) bond motifs is 1. The van der Waals surface area contributed by atoms with Crippen molar-refractivity contribution in [2.45, 2.75) is 6.42 Å². The van der Waals surface area contributed by atoms with Crippen molar-refractivity contribution in [3.63, 3.8) is 0 Å². The van der Waals surface area contributed by atoms with E-state index in [0.29, 0.717) is 6.54 Å². The third-order valence-electron chi connectivity index (χ3n) is 2.72. The van der Waals surface area contributed by atoms with E-state index in [1.807, 2.05) is 36.4 Å². The molecule has 4 heteroatoms. The number of aliphatic carboxylic acids is 1. The molecule has 0 aliphatic carbocycles. The van der Waals surface area contributed by atoms with Crippen molar-refractivity contribution in [1.82, 2.24) is 0 Å². The van der Waals surface area contributed by atoms with Crippen LogP contribution < -0.4 is 10.1 Å². The number of hydrogen-bond acceptors (Lipinski definition) is 3. The molecule has 0 amide bonds. The fourth-order valence-corrected chi connectivity index (χ4v) is 1.77. The van der Waals surface area contributed by atoms with Crippen LogP contribution in [0, 0.1) is 0 Å². The molecule has 2 aromatic carbocycles. The van der Waals surface area contributed by atoms with Gasteiger partial charge in [-0.15, -0.1) is 0 Å². The molecule has 18 heavy (non-hydrogen) atoms. The first-order chi connectivity index (χ1) is 8.69. The number of ether oxygens (including phenoxy) is 1. The number of nitrogens with one attached hydrogen (secondary N) is 1. The minimum Gasteiger partial charge on any atom is -0.497 e. The molecule has 0 aromatic heterocycles. The van der Waals surface area contributed by atoms with Crippen molar-refractivity contribution in [3.8, 4) is 5.75 Å². The van der Waals surface area contributed by atoms with Crippen LogP contribution in [0.4, 0.5) is 5.69 Å². The first-order valence-electron chi connectivity index (χ1n) is 5.72. The zero-order chi connectivity index (χ0) is 13.0. The van der Waals surface area contributed by atoms with Gasteiger partial charge in [0.1, 0.15) is 5.75 Å². The lowest BCUT2D eigenvalue weighted by Gasteiger charge is -2.07. The molecule has 2 N–H and O–H groups in total. The summed E-state index contributed by atoms with van der Waals surface area (Å²) in [5.74, 6) is 0.0297. The van der Waals surface area contributed by atoms with E-state index in [4.69, 9.17) is 9.84 Å². The maximum Gasteiger partial charge on any atom is 0.305 e. The molecular weight excluding hydrogens is 230 g/mol. The Morgan fingerprint density at radius 1 is 1.22 bits per heavy atom. The van der Waals surface area contributed by atoms with Crippen molar-refractivity contribution in [1.29, 1.82) is 0 Å². The number of hydrogen-bond donors (Lipinski definition) is 2. The summed E-state index contributed by atoms with van der Waals surface area (Å²) in [6.07, 6.45) is 0.112. The number of carboxylic acids is 1. The summed E-state index contributed by atoms with van der Waals surface area (Å²) in [6, 6.07) is 11.8. The second-order valence-electron chi connectivity index (χ2n) is 4.00. The van der Waals surface area contributed by atoms with Gasteiger partial charge >= 0.3 is 5.97 Å². The van der Waals surface area contributed by atoms with Gasteiger partial charge in [0.05, 0.1) is 13.5 Å². The van der Waals surface area contributed by atoms with Crippen LogP contribution in [0.25, 0.3) is 10.8 Å². The monoisotopic (exact) mass is 245 g/mol. The molecular formula is C14H15NO3. The van der Waals surface area contributed by atoms with Gasteiger partial charge in [-0.1, -0.05) is 12.1 Å². The SMILES string of the molecule is COc1ccc2cc(NCCC(=O)O)ccc2c1. The fourth-order valence-electron chi connectivity index (χ4n) is 1.77. The Morgan fingerprint density at radius 3 is 2.67 bits per heavy atom. The van der Waals surface area contributed by atoms with Crippen LogP contribution in [0.15, 0.2) is 36.4 Å². The predicted molar refractivity (Wildman–Crippen MR) is 71.2 cm³/mol. The maximum absolute atomic E-state index is 10.4. The molecule has 0 unspecified atom stereocenters. The van der Waals surface area contributed by atoms with Crippen molar-refractivity contribution in [2.24, 2.45) is 0 Å². The summed E-state index contributed by atoms with van der Waals surface area (Å²) in [6.45, 7) is 0.428. The lowest BCUT2D eigenvalue weighted by Crippen LogP contribution is -2.07. The van der Waals surface area contributed by atoms with Crippen molar-refractivity contribution < 1.29 is 14.6 Å². The minimum absolute atomic E-state index is 0.112. The van der Waals surface area contributed by atoms with E-state index in [1.165, 1.54) is 0 Å². The summed E-state index contributed by atoms with van der Waals surface area (Å²) < 4.78 is 5.16. The van der Waals surface area contributed by atoms with Crippen LogP contribution in [0.1, 0.15) is 6.42 Å². The first kappa shape index (κ1) is 12.2. The Bertz CT molecular complexity index is 566. The highest BCUT2D eigenvalue weighted by Gasteiger charge is 2.00. The Kier molecular flexibility index (Phi) is 3.67. The normalized spacial score (nSPS) is 10.3. The van der Waals surface area contributed by atoms with E-state index >= 15 is 0 Å². The number of carboxylic acid groups (broad SMARTS) is 1. The zero-order valence-electron chi connectivity index (χ0n) is 10.1. The van der Waals surface area contributed by atoms with Crippen LogP contribution in [-0.4, -0.2) is 24.7 Å². The number of benzene rings is 2. The molecule has 4 nitrogen and oxygen atoms in total. The molecule has 0 heterocycles. The van der Waals surface area contributed by atoms with E-state index in [0.717, 1.165) is 22.2 Å². The Morgan fingerprint density at radius 2 is 1.94 bits per heavy atom. The third kappa shape index (κ3) is 2.91. The lowest BCUT2D eigenvalue weighted by atomic mass is 10.1. The van der Waals surface area contributed by atoms with Gasteiger partial charge in [-0.05, 0) is 35.0 Å².